The van der Waals surface area contributed by atoms with Crippen LogP contribution in [0.15, 0.2) is 48.6 Å². The molecular formula is C23H32F3N9O2S2. The van der Waals surface area contributed by atoms with E-state index in [-0.39, 0.29) is 23.5 Å². The predicted molar refractivity (Wildman–Crippen MR) is 149 cm³/mol. The summed E-state index contributed by atoms with van der Waals surface area (Å²) in [6.45, 7) is 8.38. The van der Waals surface area contributed by atoms with Crippen LogP contribution < -0.4 is 5.84 Å². The van der Waals surface area contributed by atoms with Gasteiger partial charge in [-0.05, 0) is 53.1 Å². The first-order valence-electron chi connectivity index (χ1n) is 11.7. The lowest BCUT2D eigenvalue weighted by atomic mass is 10.0. The summed E-state index contributed by atoms with van der Waals surface area (Å²) in [6.07, 6.45) is 9.67. The van der Waals surface area contributed by atoms with Crippen LogP contribution in [-0.4, -0.2) is 60.7 Å². The number of allylic oxidation sites excluding steroid dienone is 5. The maximum absolute atomic E-state index is 12.7. The van der Waals surface area contributed by atoms with Gasteiger partial charge in [-0.1, -0.05) is 69.3 Å². The molecule has 0 aliphatic heterocycles. The number of sulfonamides is 1. The van der Waals surface area contributed by atoms with E-state index in [0.717, 1.165) is 16.7 Å². The summed E-state index contributed by atoms with van der Waals surface area (Å²) in [6, 6.07) is 7.48. The molecule has 0 amide bonds. The Kier molecular flexibility index (Phi) is 13.6. The Morgan fingerprint density at radius 3 is 2.31 bits per heavy atom. The van der Waals surface area contributed by atoms with E-state index < -0.39 is 25.1 Å². The first-order valence-corrected chi connectivity index (χ1v) is 13.9. The molecule has 39 heavy (non-hydrogen) atoms. The summed E-state index contributed by atoms with van der Waals surface area (Å²) in [5.41, 5.74) is -2.89. The first kappa shape index (κ1) is 33.5. The molecule has 11 nitrogen and oxygen atoms in total. The highest BCUT2D eigenvalue weighted by molar-refractivity contribution is 8.26. The Bertz CT molecular complexity index is 1260. The number of benzene rings is 1. The minimum atomic E-state index is -5.92. The number of thioether (sulfide) groups is 1. The Balaban J connectivity index is 0.00000371. The minimum absolute atomic E-state index is 0.217. The number of rotatable bonds is 9. The molecule has 5 N–H and O–H groups in total. The summed E-state index contributed by atoms with van der Waals surface area (Å²) in [4.78, 5) is 1.52. The first-order chi connectivity index (χ1) is 18.4. The Morgan fingerprint density at radius 2 is 1.77 bits per heavy atom. The normalized spacial score (nSPS) is 12.4. The number of nitrogens with zero attached hydrogens (tertiary/aromatic N) is 5. The van der Waals surface area contributed by atoms with E-state index in [1.54, 1.807) is 12.2 Å². The molecule has 1 aromatic heterocycles. The second-order valence-electron chi connectivity index (χ2n) is 7.44. The number of alkyl halides is 3. The molecule has 0 aliphatic rings. The molecule has 0 fully saturated rings. The van der Waals surface area contributed by atoms with Crippen LogP contribution in [0.2, 0.25) is 0 Å². The number of hydrazine groups is 1. The van der Waals surface area contributed by atoms with Crippen molar-refractivity contribution in [3.05, 3.63) is 65.5 Å². The van der Waals surface area contributed by atoms with Gasteiger partial charge >= 0.3 is 15.5 Å². The van der Waals surface area contributed by atoms with Gasteiger partial charge in [0.1, 0.15) is 0 Å². The van der Waals surface area contributed by atoms with E-state index in [4.69, 9.17) is 16.7 Å². The fourth-order valence-electron chi connectivity index (χ4n) is 2.78. The van der Waals surface area contributed by atoms with Crippen molar-refractivity contribution >= 4 is 43.8 Å². The van der Waals surface area contributed by atoms with Crippen molar-refractivity contribution in [2.24, 2.45) is 5.84 Å². The van der Waals surface area contributed by atoms with Crippen LogP contribution in [0, 0.1) is 10.8 Å². The molecule has 1 heterocycles. The Hall–Kier alpha value is -3.50. The average molecular weight is 588 g/mol. The molecule has 0 saturated heterocycles. The van der Waals surface area contributed by atoms with Gasteiger partial charge in [-0.15, -0.1) is 10.2 Å². The monoisotopic (exact) mass is 587 g/mol. The van der Waals surface area contributed by atoms with E-state index in [2.05, 4.69) is 20.6 Å². The van der Waals surface area contributed by atoms with Crippen molar-refractivity contribution in [1.29, 1.82) is 10.8 Å². The lowest BCUT2D eigenvalue weighted by molar-refractivity contribution is -0.0472. The average Bonchev–Trinajstić information content (AvgIpc) is 3.42. The summed E-state index contributed by atoms with van der Waals surface area (Å²) in [7, 11) is -5.92. The molecule has 2 rings (SSSR count). The van der Waals surface area contributed by atoms with Gasteiger partial charge in [0.25, 0.3) is 0 Å². The van der Waals surface area contributed by atoms with Gasteiger partial charge in [0.05, 0.1) is 0 Å². The molecule has 0 radical (unpaired) electrons. The SMILES string of the molecule is CC.CCCN(Cc1ccc(/C(C)=C/C=C\C=C\c2nn[nH]n2)cc1)C(=N)SC(=N)N(N)S(=O)(=O)C(F)(F)F. The van der Waals surface area contributed by atoms with Crippen LogP contribution in [0.25, 0.3) is 11.6 Å². The molecule has 0 atom stereocenters. The van der Waals surface area contributed by atoms with Gasteiger partial charge in [-0.25, -0.2) is 5.84 Å². The van der Waals surface area contributed by atoms with Gasteiger partial charge in [0, 0.05) is 13.1 Å². The van der Waals surface area contributed by atoms with Gasteiger partial charge < -0.3 is 4.90 Å². The van der Waals surface area contributed by atoms with Crippen molar-refractivity contribution in [3.8, 4) is 0 Å². The maximum atomic E-state index is 12.7. The quantitative estimate of drug-likeness (QED) is 0.107. The number of hydrogen-bond acceptors (Lipinski definition) is 9. The molecule has 214 valence electrons. The van der Waals surface area contributed by atoms with Gasteiger partial charge in [0.15, 0.2) is 16.2 Å². The number of nitrogens with one attached hydrogen (secondary N) is 3. The summed E-state index contributed by atoms with van der Waals surface area (Å²) in [5, 5.41) is 27.8. The standard InChI is InChI=1S/C21H26F3N9O2S2.C2H6/c1-3-13-32(19(25)36-20(26)33(27)37(34,35)21(22,23)24)14-16-9-11-17(12-10-16)15(2)7-5-4-6-8-18-28-30-31-29-18;1-2/h4-12,25-26H,3,13-14,27H2,1-2H3,(H,28,29,30,31);1-2H3/b5-4-,8-6+,15-7+,25-19?,26-20?;. The highest BCUT2D eigenvalue weighted by atomic mass is 32.2. The van der Waals surface area contributed by atoms with Crippen LogP contribution in [-0.2, 0) is 16.6 Å². The number of hydrogen-bond donors (Lipinski definition) is 4. The van der Waals surface area contributed by atoms with Crippen molar-refractivity contribution in [2.75, 3.05) is 6.54 Å². The molecule has 2 aromatic rings. The maximum Gasteiger partial charge on any atom is 0.518 e. The molecule has 0 unspecified atom stereocenters. The van der Waals surface area contributed by atoms with E-state index in [9.17, 15) is 21.6 Å². The lowest BCUT2D eigenvalue weighted by Crippen LogP contribution is -2.48. The van der Waals surface area contributed by atoms with Crippen LogP contribution >= 0.6 is 11.8 Å². The molecule has 0 bridgehead atoms. The second kappa shape index (κ2) is 15.8. The Labute approximate surface area is 230 Å². The number of aromatic nitrogens is 4. The summed E-state index contributed by atoms with van der Waals surface area (Å²) >= 11 is 0.217. The Morgan fingerprint density at radius 1 is 1.13 bits per heavy atom. The van der Waals surface area contributed by atoms with Crippen molar-refractivity contribution in [2.45, 2.75) is 46.2 Å². The number of tetrazole rings is 1. The van der Waals surface area contributed by atoms with Crippen LogP contribution in [0.1, 0.15) is 51.1 Å². The van der Waals surface area contributed by atoms with Crippen molar-refractivity contribution in [3.63, 3.8) is 0 Å². The molecule has 0 saturated carbocycles. The molecule has 0 aliphatic carbocycles. The fourth-order valence-corrected chi connectivity index (χ4v) is 4.19. The van der Waals surface area contributed by atoms with E-state index >= 15 is 0 Å². The summed E-state index contributed by atoms with van der Waals surface area (Å²) in [5.74, 6) is 5.48. The highest BCUT2D eigenvalue weighted by Crippen LogP contribution is 2.27. The predicted octanol–water partition coefficient (Wildman–Crippen LogP) is 4.74. The van der Waals surface area contributed by atoms with Gasteiger partial charge in [-0.2, -0.15) is 31.2 Å². The highest BCUT2D eigenvalue weighted by Gasteiger charge is 2.50. The number of aromatic amines is 1. The third kappa shape index (κ3) is 10.3. The van der Waals surface area contributed by atoms with E-state index in [0.29, 0.717) is 18.8 Å². The second-order valence-corrected chi connectivity index (χ2v) is 10.2. The van der Waals surface area contributed by atoms with E-state index in [1.165, 1.54) is 4.90 Å². The molecule has 0 spiro atoms. The zero-order valence-corrected chi connectivity index (χ0v) is 23.5. The number of halogens is 3. The third-order valence-electron chi connectivity index (χ3n) is 4.68. The van der Waals surface area contributed by atoms with E-state index in [1.807, 2.05) is 70.2 Å². The van der Waals surface area contributed by atoms with Crippen molar-refractivity contribution < 1.29 is 21.6 Å². The van der Waals surface area contributed by atoms with Crippen LogP contribution in [0.3, 0.4) is 0 Å². The number of H-pyrrole nitrogens is 1. The van der Waals surface area contributed by atoms with Crippen LogP contribution in [0.4, 0.5) is 13.2 Å². The number of amidine groups is 2. The zero-order valence-electron chi connectivity index (χ0n) is 21.9. The molecular weight excluding hydrogens is 555 g/mol. The van der Waals surface area contributed by atoms with Gasteiger partial charge in [-0.3, -0.25) is 10.8 Å². The van der Waals surface area contributed by atoms with Gasteiger partial charge in [0.2, 0.25) is 0 Å². The van der Waals surface area contributed by atoms with Crippen molar-refractivity contribution in [1.82, 2.24) is 29.9 Å². The summed E-state index contributed by atoms with van der Waals surface area (Å²) < 4.78 is 60.2. The minimum Gasteiger partial charge on any atom is -0.347 e. The smallest absolute Gasteiger partial charge is 0.347 e. The largest absolute Gasteiger partial charge is 0.518 e. The molecule has 16 heteroatoms. The zero-order chi connectivity index (χ0) is 29.6. The third-order valence-corrected chi connectivity index (χ3v) is 6.93. The number of nitrogens with two attached hydrogens (primary N) is 1. The fraction of sp³-hybridized carbons (Fsp3) is 0.348. The lowest BCUT2D eigenvalue weighted by Gasteiger charge is -2.26. The molecule has 1 aromatic carbocycles. The van der Waals surface area contributed by atoms with Crippen LogP contribution in [0.5, 0.6) is 0 Å². The topological polar surface area (TPSA) is 169 Å².